The third-order valence-electron chi connectivity index (χ3n) is 2.05. The number of rotatable bonds is 4. The summed E-state index contributed by atoms with van der Waals surface area (Å²) < 4.78 is 10.0. The second-order valence-corrected chi connectivity index (χ2v) is 5.00. The summed E-state index contributed by atoms with van der Waals surface area (Å²) in [6.45, 7) is 7.42. The van der Waals surface area contributed by atoms with Crippen molar-refractivity contribution in [2.45, 2.75) is 39.7 Å². The number of hydrogen-bond acceptors (Lipinski definition) is 5. The number of nitrogens with zero attached hydrogens (tertiary/aromatic N) is 1. The molecule has 0 radical (unpaired) electrons. The molecule has 0 fully saturated rings. The minimum absolute atomic E-state index is 0.0461. The second-order valence-electron chi connectivity index (χ2n) is 5.00. The third-order valence-corrected chi connectivity index (χ3v) is 2.05. The molecule has 1 aromatic rings. The Labute approximate surface area is 112 Å². The Balaban J connectivity index is 2.77. The summed E-state index contributed by atoms with van der Waals surface area (Å²) in [5.41, 5.74) is 0.106. The Morgan fingerprint density at radius 1 is 1.26 bits per heavy atom. The first-order valence-electron chi connectivity index (χ1n) is 6.16. The van der Waals surface area contributed by atoms with Gasteiger partial charge in [-0.15, -0.1) is 0 Å². The van der Waals surface area contributed by atoms with Crippen molar-refractivity contribution in [1.29, 1.82) is 0 Å². The summed E-state index contributed by atoms with van der Waals surface area (Å²) in [6, 6.07) is 4.90. The smallest absolute Gasteiger partial charge is 0.357 e. The SMILES string of the molecule is CCOC(=O)Cc1cccc(C(=O)OC(C)(C)C)n1. The number of carbonyl (C=O) groups is 2. The monoisotopic (exact) mass is 265 g/mol. The molecule has 0 amide bonds. The number of aromatic nitrogens is 1. The van der Waals surface area contributed by atoms with Gasteiger partial charge in [0.05, 0.1) is 18.7 Å². The van der Waals surface area contributed by atoms with E-state index >= 15 is 0 Å². The Kier molecular flexibility index (Phi) is 5.03. The Hall–Kier alpha value is -1.91. The lowest BCUT2D eigenvalue weighted by molar-refractivity contribution is -0.142. The topological polar surface area (TPSA) is 65.5 Å². The van der Waals surface area contributed by atoms with E-state index in [0.29, 0.717) is 12.3 Å². The molecule has 0 aromatic carbocycles. The molecule has 0 bridgehead atoms. The van der Waals surface area contributed by atoms with Crippen molar-refractivity contribution >= 4 is 11.9 Å². The van der Waals surface area contributed by atoms with Crippen molar-refractivity contribution in [3.63, 3.8) is 0 Å². The fourth-order valence-electron chi connectivity index (χ4n) is 1.38. The zero-order valence-electron chi connectivity index (χ0n) is 11.7. The maximum atomic E-state index is 11.8. The van der Waals surface area contributed by atoms with Crippen molar-refractivity contribution in [3.8, 4) is 0 Å². The van der Waals surface area contributed by atoms with Crippen LogP contribution in [-0.4, -0.2) is 29.1 Å². The van der Waals surface area contributed by atoms with Gasteiger partial charge in [-0.3, -0.25) is 4.79 Å². The molecule has 0 aliphatic heterocycles. The van der Waals surface area contributed by atoms with E-state index in [9.17, 15) is 9.59 Å². The van der Waals surface area contributed by atoms with Crippen molar-refractivity contribution in [2.24, 2.45) is 0 Å². The first-order chi connectivity index (χ1) is 8.81. The van der Waals surface area contributed by atoms with Gasteiger partial charge in [0.2, 0.25) is 0 Å². The quantitative estimate of drug-likeness (QED) is 0.780. The molecule has 104 valence electrons. The fraction of sp³-hybridized carbons (Fsp3) is 0.500. The molecule has 19 heavy (non-hydrogen) atoms. The molecule has 1 aromatic heterocycles. The molecule has 5 nitrogen and oxygen atoms in total. The van der Waals surface area contributed by atoms with Gasteiger partial charge in [-0.25, -0.2) is 9.78 Å². The largest absolute Gasteiger partial charge is 0.466 e. The fourth-order valence-corrected chi connectivity index (χ4v) is 1.38. The van der Waals surface area contributed by atoms with Gasteiger partial charge >= 0.3 is 11.9 Å². The zero-order chi connectivity index (χ0) is 14.5. The minimum Gasteiger partial charge on any atom is -0.466 e. The second kappa shape index (κ2) is 6.31. The number of ether oxygens (including phenoxy) is 2. The maximum absolute atomic E-state index is 11.8. The number of hydrogen-bond donors (Lipinski definition) is 0. The van der Waals surface area contributed by atoms with Crippen LogP contribution in [0.15, 0.2) is 18.2 Å². The van der Waals surface area contributed by atoms with E-state index in [0.717, 1.165) is 0 Å². The van der Waals surface area contributed by atoms with Crippen molar-refractivity contribution in [1.82, 2.24) is 4.98 Å². The van der Waals surface area contributed by atoms with Crippen LogP contribution in [0.1, 0.15) is 43.9 Å². The molecule has 0 saturated carbocycles. The van der Waals surface area contributed by atoms with E-state index in [1.54, 1.807) is 45.9 Å². The highest BCUT2D eigenvalue weighted by molar-refractivity contribution is 5.87. The lowest BCUT2D eigenvalue weighted by atomic mass is 10.2. The molecule has 0 spiro atoms. The van der Waals surface area contributed by atoms with E-state index in [1.165, 1.54) is 0 Å². The van der Waals surface area contributed by atoms with Crippen LogP contribution in [0.5, 0.6) is 0 Å². The van der Waals surface area contributed by atoms with Gasteiger partial charge in [-0.05, 0) is 39.8 Å². The maximum Gasteiger partial charge on any atom is 0.357 e. The van der Waals surface area contributed by atoms with E-state index in [-0.39, 0.29) is 18.1 Å². The minimum atomic E-state index is -0.574. The van der Waals surface area contributed by atoms with Crippen LogP contribution in [0.4, 0.5) is 0 Å². The Morgan fingerprint density at radius 3 is 2.53 bits per heavy atom. The van der Waals surface area contributed by atoms with E-state index < -0.39 is 11.6 Å². The summed E-state index contributed by atoms with van der Waals surface area (Å²) in [6.07, 6.45) is 0.0461. The highest BCUT2D eigenvalue weighted by Crippen LogP contribution is 2.11. The van der Waals surface area contributed by atoms with Crippen molar-refractivity contribution in [3.05, 3.63) is 29.6 Å². The average Bonchev–Trinajstić information content (AvgIpc) is 2.27. The molecule has 0 saturated heterocycles. The van der Waals surface area contributed by atoms with Gasteiger partial charge in [0, 0.05) is 0 Å². The molecule has 1 rings (SSSR count). The molecule has 5 heteroatoms. The average molecular weight is 265 g/mol. The third kappa shape index (κ3) is 5.50. The predicted molar refractivity (Wildman–Crippen MR) is 69.7 cm³/mol. The van der Waals surface area contributed by atoms with Crippen LogP contribution in [0, 0.1) is 0 Å². The van der Waals surface area contributed by atoms with Gasteiger partial charge in [-0.1, -0.05) is 6.07 Å². The van der Waals surface area contributed by atoms with Gasteiger partial charge in [-0.2, -0.15) is 0 Å². The van der Waals surface area contributed by atoms with Crippen LogP contribution < -0.4 is 0 Å². The molecule has 0 aliphatic rings. The van der Waals surface area contributed by atoms with E-state index in [1.807, 2.05) is 0 Å². The lowest BCUT2D eigenvalue weighted by Gasteiger charge is -2.19. The van der Waals surface area contributed by atoms with Crippen LogP contribution in [0.25, 0.3) is 0 Å². The molecule has 0 N–H and O–H groups in total. The van der Waals surface area contributed by atoms with Crippen LogP contribution in [0.2, 0.25) is 0 Å². The van der Waals surface area contributed by atoms with Gasteiger partial charge in [0.25, 0.3) is 0 Å². The molecular weight excluding hydrogens is 246 g/mol. The molecule has 1 heterocycles. The van der Waals surface area contributed by atoms with Gasteiger partial charge in [0.1, 0.15) is 11.3 Å². The lowest BCUT2D eigenvalue weighted by Crippen LogP contribution is -2.24. The first kappa shape index (κ1) is 15.1. The number of pyridine rings is 1. The first-order valence-corrected chi connectivity index (χ1v) is 6.16. The summed E-state index contributed by atoms with van der Waals surface area (Å²) >= 11 is 0. The van der Waals surface area contributed by atoms with E-state index in [2.05, 4.69) is 4.98 Å². The van der Waals surface area contributed by atoms with Crippen LogP contribution in [0.3, 0.4) is 0 Å². The highest BCUT2D eigenvalue weighted by Gasteiger charge is 2.19. The Bertz CT molecular complexity index is 463. The predicted octanol–water partition coefficient (Wildman–Crippen LogP) is 2.14. The normalized spacial score (nSPS) is 10.9. The molecule has 0 unspecified atom stereocenters. The summed E-state index contributed by atoms with van der Waals surface area (Å²) in [7, 11) is 0. The number of esters is 2. The summed E-state index contributed by atoms with van der Waals surface area (Å²) in [5, 5.41) is 0. The Morgan fingerprint density at radius 2 is 1.95 bits per heavy atom. The molecule has 0 atom stereocenters. The number of carbonyl (C=O) groups excluding carboxylic acids is 2. The zero-order valence-corrected chi connectivity index (χ0v) is 11.7. The van der Waals surface area contributed by atoms with Gasteiger partial charge in [0.15, 0.2) is 0 Å². The summed E-state index contributed by atoms with van der Waals surface area (Å²) in [5.74, 6) is -0.866. The van der Waals surface area contributed by atoms with Crippen molar-refractivity contribution < 1.29 is 19.1 Å². The van der Waals surface area contributed by atoms with Crippen molar-refractivity contribution in [2.75, 3.05) is 6.61 Å². The van der Waals surface area contributed by atoms with Gasteiger partial charge < -0.3 is 9.47 Å². The molecule has 0 aliphatic carbocycles. The summed E-state index contributed by atoms with van der Waals surface area (Å²) in [4.78, 5) is 27.3. The van der Waals surface area contributed by atoms with Crippen LogP contribution >= 0.6 is 0 Å². The molecular formula is C14H19NO4. The standard InChI is InChI=1S/C14H19NO4/c1-5-18-12(16)9-10-7-6-8-11(15-10)13(17)19-14(2,3)4/h6-8H,5,9H2,1-4H3. The highest BCUT2D eigenvalue weighted by atomic mass is 16.6. The van der Waals surface area contributed by atoms with E-state index in [4.69, 9.17) is 9.47 Å². The van der Waals surface area contributed by atoms with Crippen LogP contribution in [-0.2, 0) is 20.7 Å².